The molecule has 4 nitrogen and oxygen atoms in total. The van der Waals surface area contributed by atoms with Crippen LogP contribution in [0.5, 0.6) is 0 Å². The van der Waals surface area contributed by atoms with E-state index in [0.717, 1.165) is 17.6 Å². The zero-order valence-electron chi connectivity index (χ0n) is 16.5. The van der Waals surface area contributed by atoms with E-state index in [-0.39, 0.29) is 24.2 Å². The van der Waals surface area contributed by atoms with Crippen LogP contribution in [0.2, 0.25) is 0 Å². The van der Waals surface area contributed by atoms with Gasteiger partial charge in [-0.05, 0) is 48.6 Å². The van der Waals surface area contributed by atoms with Gasteiger partial charge in [-0.1, -0.05) is 60.7 Å². The molecule has 0 aromatic heterocycles. The number of carbonyl (C=O) groups is 2. The molecule has 2 aromatic carbocycles. The van der Waals surface area contributed by atoms with Crippen molar-refractivity contribution in [2.45, 2.75) is 31.7 Å². The predicted octanol–water partition coefficient (Wildman–Crippen LogP) is 3.60. The highest BCUT2D eigenvalue weighted by Crippen LogP contribution is 2.33. The van der Waals surface area contributed by atoms with Crippen molar-refractivity contribution in [2.24, 2.45) is 5.92 Å². The van der Waals surface area contributed by atoms with E-state index >= 15 is 0 Å². The van der Waals surface area contributed by atoms with Crippen molar-refractivity contribution in [1.82, 2.24) is 5.32 Å². The summed E-state index contributed by atoms with van der Waals surface area (Å²) in [5.74, 6) is -0.761. The molecule has 0 saturated heterocycles. The number of fused-ring (bicyclic) bond motifs is 1. The summed E-state index contributed by atoms with van der Waals surface area (Å²) in [7, 11) is 3.17. The lowest BCUT2D eigenvalue weighted by Crippen LogP contribution is -2.38. The van der Waals surface area contributed by atoms with Crippen LogP contribution in [-0.2, 0) is 27.2 Å². The molecule has 0 spiro atoms. The van der Waals surface area contributed by atoms with Gasteiger partial charge in [-0.3, -0.25) is 9.59 Å². The molecule has 1 aliphatic carbocycles. The molecule has 1 N–H and O–H groups in total. The van der Waals surface area contributed by atoms with Gasteiger partial charge in [0.25, 0.3) is 0 Å². The Bertz CT molecular complexity index is 857. The summed E-state index contributed by atoms with van der Waals surface area (Å²) in [6, 6.07) is 17.8. The molecule has 0 bridgehead atoms. The van der Waals surface area contributed by atoms with Crippen molar-refractivity contribution >= 4 is 17.3 Å². The standard InChI is InChI=1S/C24H27NO3/c1-25-22(14-17-8-4-3-5-9-17)23(26)16-20(24(27)28-2)15-19-13-12-18-10-6-7-11-21(18)19/h3-11,13,20,22,25H,12,14-16H2,1-2H3. The second-order valence-electron chi connectivity index (χ2n) is 7.22. The number of Topliss-reactive ketones (excluding diaryl/α,β-unsaturated/α-hetero) is 1. The minimum absolute atomic E-state index is 0.0358. The number of ketones is 1. The fourth-order valence-electron chi connectivity index (χ4n) is 3.83. The predicted molar refractivity (Wildman–Crippen MR) is 111 cm³/mol. The van der Waals surface area contributed by atoms with Crippen molar-refractivity contribution < 1.29 is 14.3 Å². The molecule has 0 amide bonds. The maximum absolute atomic E-state index is 12.9. The van der Waals surface area contributed by atoms with Crippen LogP contribution in [0.4, 0.5) is 0 Å². The van der Waals surface area contributed by atoms with E-state index in [4.69, 9.17) is 4.74 Å². The third-order valence-corrected chi connectivity index (χ3v) is 5.40. The summed E-state index contributed by atoms with van der Waals surface area (Å²) in [6.07, 6.45) is 4.34. The molecule has 0 radical (unpaired) electrons. The van der Waals surface area contributed by atoms with Gasteiger partial charge in [-0.2, -0.15) is 0 Å². The highest BCUT2D eigenvalue weighted by Gasteiger charge is 2.29. The zero-order chi connectivity index (χ0) is 19.9. The molecule has 3 rings (SSSR count). The minimum atomic E-state index is -0.471. The maximum Gasteiger partial charge on any atom is 0.309 e. The largest absolute Gasteiger partial charge is 0.469 e. The molecule has 146 valence electrons. The van der Waals surface area contributed by atoms with Gasteiger partial charge >= 0.3 is 5.97 Å². The number of hydrogen-bond donors (Lipinski definition) is 1. The summed E-state index contributed by atoms with van der Waals surface area (Å²) in [4.78, 5) is 25.3. The van der Waals surface area contributed by atoms with Gasteiger partial charge in [0, 0.05) is 6.42 Å². The van der Waals surface area contributed by atoms with Crippen molar-refractivity contribution in [1.29, 1.82) is 0 Å². The number of esters is 1. The topological polar surface area (TPSA) is 55.4 Å². The smallest absolute Gasteiger partial charge is 0.309 e. The van der Waals surface area contributed by atoms with Crippen molar-refractivity contribution in [2.75, 3.05) is 14.2 Å². The van der Waals surface area contributed by atoms with Gasteiger partial charge in [0.05, 0.1) is 19.1 Å². The normalized spacial score (nSPS) is 14.7. The Hall–Kier alpha value is -2.72. The second-order valence-corrected chi connectivity index (χ2v) is 7.22. The Balaban J connectivity index is 1.70. The number of nitrogens with one attached hydrogen (secondary N) is 1. The first-order chi connectivity index (χ1) is 13.6. The van der Waals surface area contributed by atoms with Crippen LogP contribution < -0.4 is 5.32 Å². The second kappa shape index (κ2) is 9.47. The van der Waals surface area contributed by atoms with Gasteiger partial charge in [-0.15, -0.1) is 0 Å². The maximum atomic E-state index is 12.9. The number of benzene rings is 2. The Kier molecular flexibility index (Phi) is 6.77. The first-order valence-corrected chi connectivity index (χ1v) is 9.71. The Morgan fingerprint density at radius 1 is 1.04 bits per heavy atom. The number of allylic oxidation sites excluding steroid dienone is 2. The Morgan fingerprint density at radius 2 is 1.75 bits per heavy atom. The number of ether oxygens (including phenoxy) is 1. The molecule has 4 heteroatoms. The van der Waals surface area contributed by atoms with E-state index in [2.05, 4.69) is 23.5 Å². The van der Waals surface area contributed by atoms with Gasteiger partial charge < -0.3 is 10.1 Å². The van der Waals surface area contributed by atoms with E-state index in [0.29, 0.717) is 12.8 Å². The molecule has 2 atom stereocenters. The van der Waals surface area contributed by atoms with E-state index in [9.17, 15) is 9.59 Å². The van der Waals surface area contributed by atoms with Gasteiger partial charge in [0.2, 0.25) is 0 Å². The summed E-state index contributed by atoms with van der Waals surface area (Å²) < 4.78 is 5.00. The van der Waals surface area contributed by atoms with Gasteiger partial charge in [0.15, 0.2) is 5.78 Å². The Labute approximate surface area is 166 Å². The lowest BCUT2D eigenvalue weighted by molar-refractivity contribution is -0.147. The van der Waals surface area contributed by atoms with Crippen LogP contribution in [0.15, 0.2) is 60.7 Å². The number of likely N-dealkylation sites (N-methyl/N-ethyl adjacent to an activating group) is 1. The number of carbonyl (C=O) groups excluding carboxylic acids is 2. The van der Waals surface area contributed by atoms with E-state index in [1.165, 1.54) is 18.2 Å². The van der Waals surface area contributed by atoms with Crippen molar-refractivity contribution in [3.63, 3.8) is 0 Å². The Morgan fingerprint density at radius 3 is 2.46 bits per heavy atom. The van der Waals surface area contributed by atoms with Crippen molar-refractivity contribution in [3.8, 4) is 0 Å². The third-order valence-electron chi connectivity index (χ3n) is 5.40. The fourth-order valence-corrected chi connectivity index (χ4v) is 3.83. The zero-order valence-corrected chi connectivity index (χ0v) is 16.5. The molecule has 2 unspecified atom stereocenters. The molecule has 0 aliphatic heterocycles. The number of rotatable bonds is 9. The SMILES string of the molecule is CNC(Cc1ccccc1)C(=O)CC(CC1=CCc2ccccc21)C(=O)OC. The summed E-state index contributed by atoms with van der Waals surface area (Å²) in [5.41, 5.74) is 4.67. The molecule has 0 heterocycles. The third kappa shape index (κ3) is 4.76. The number of methoxy groups -OCH3 is 1. The van der Waals surface area contributed by atoms with Crippen LogP contribution in [0.3, 0.4) is 0 Å². The molecule has 0 fully saturated rings. The molecule has 1 aliphatic rings. The van der Waals surface area contributed by atoms with Crippen molar-refractivity contribution in [3.05, 3.63) is 77.4 Å². The summed E-state index contributed by atoms with van der Waals surface area (Å²) in [6.45, 7) is 0. The quantitative estimate of drug-likeness (QED) is 0.679. The summed E-state index contributed by atoms with van der Waals surface area (Å²) >= 11 is 0. The van der Waals surface area contributed by atoms with Crippen LogP contribution in [0.25, 0.3) is 5.57 Å². The molecule has 2 aromatic rings. The minimum Gasteiger partial charge on any atom is -0.469 e. The fraction of sp³-hybridized carbons (Fsp3) is 0.333. The van der Waals surface area contributed by atoms with Gasteiger partial charge in [0.1, 0.15) is 0 Å². The average molecular weight is 377 g/mol. The average Bonchev–Trinajstić information content (AvgIpc) is 3.14. The van der Waals surface area contributed by atoms with E-state index in [1.54, 1.807) is 7.05 Å². The lowest BCUT2D eigenvalue weighted by atomic mass is 9.89. The van der Waals surface area contributed by atoms with Crippen LogP contribution in [0.1, 0.15) is 29.5 Å². The monoisotopic (exact) mass is 377 g/mol. The number of hydrogen-bond acceptors (Lipinski definition) is 4. The van der Waals surface area contributed by atoms with E-state index < -0.39 is 5.92 Å². The van der Waals surface area contributed by atoms with E-state index in [1.807, 2.05) is 42.5 Å². The lowest BCUT2D eigenvalue weighted by Gasteiger charge is -2.20. The molecule has 0 saturated carbocycles. The highest BCUT2D eigenvalue weighted by atomic mass is 16.5. The van der Waals surface area contributed by atoms with Crippen LogP contribution >= 0.6 is 0 Å². The molecular formula is C24H27NO3. The molecule has 28 heavy (non-hydrogen) atoms. The molecular weight excluding hydrogens is 350 g/mol. The summed E-state index contributed by atoms with van der Waals surface area (Å²) in [5, 5.41) is 3.11. The van der Waals surface area contributed by atoms with Gasteiger partial charge in [-0.25, -0.2) is 0 Å². The first-order valence-electron chi connectivity index (χ1n) is 9.71. The van der Waals surface area contributed by atoms with Crippen LogP contribution in [-0.4, -0.2) is 32.0 Å². The highest BCUT2D eigenvalue weighted by molar-refractivity contribution is 5.89. The first kappa shape index (κ1) is 20.0. The van der Waals surface area contributed by atoms with Crippen LogP contribution in [0, 0.1) is 5.92 Å².